The Hall–Kier alpha value is -4.33. The van der Waals surface area contributed by atoms with Crippen molar-refractivity contribution < 1.29 is 28.9 Å². The van der Waals surface area contributed by atoms with Crippen LogP contribution < -0.4 is 19.1 Å². The minimum Gasteiger partial charge on any atom is -0.507 e. The number of aromatic nitrogens is 1. The zero-order chi connectivity index (χ0) is 24.2. The van der Waals surface area contributed by atoms with Crippen LogP contribution >= 0.6 is 0 Å². The third-order valence-electron chi connectivity index (χ3n) is 5.52. The number of hydrogen-bond donors (Lipinski definition) is 1. The second-order valence-electron chi connectivity index (χ2n) is 7.45. The molecule has 0 aliphatic carbocycles. The Morgan fingerprint density at radius 1 is 1.03 bits per heavy atom. The number of amides is 1. The van der Waals surface area contributed by atoms with E-state index in [9.17, 15) is 14.7 Å². The standard InChI is InChI=1S/C26H24N2O6/c1-4-34-19-9-5-8-17(13-19)28-23(16-7-6-12-27-15-16)22(25(30)26(28)31)24(29)20-11-10-18(32-2)14-21(20)33-3/h5-15,23,29H,4H2,1-3H3/b24-22-. The van der Waals surface area contributed by atoms with Gasteiger partial charge in [0, 0.05) is 30.2 Å². The van der Waals surface area contributed by atoms with E-state index in [-0.39, 0.29) is 16.9 Å². The average molecular weight is 460 g/mol. The Kier molecular flexibility index (Phi) is 6.49. The van der Waals surface area contributed by atoms with Crippen molar-refractivity contribution in [2.45, 2.75) is 13.0 Å². The Morgan fingerprint density at radius 2 is 1.85 bits per heavy atom. The Morgan fingerprint density at radius 3 is 2.53 bits per heavy atom. The van der Waals surface area contributed by atoms with E-state index in [1.54, 1.807) is 67.0 Å². The van der Waals surface area contributed by atoms with Crippen molar-refractivity contribution in [3.05, 3.63) is 83.7 Å². The summed E-state index contributed by atoms with van der Waals surface area (Å²) >= 11 is 0. The number of rotatable bonds is 7. The highest BCUT2D eigenvalue weighted by Crippen LogP contribution is 2.44. The summed E-state index contributed by atoms with van der Waals surface area (Å²) in [5, 5.41) is 11.3. The number of hydrogen-bond acceptors (Lipinski definition) is 7. The van der Waals surface area contributed by atoms with Crippen LogP contribution in [-0.4, -0.2) is 42.6 Å². The van der Waals surface area contributed by atoms with Gasteiger partial charge in [0.2, 0.25) is 0 Å². The number of methoxy groups -OCH3 is 2. The molecule has 1 saturated heterocycles. The quantitative estimate of drug-likeness (QED) is 0.322. The van der Waals surface area contributed by atoms with E-state index in [2.05, 4.69) is 4.98 Å². The molecule has 1 N–H and O–H groups in total. The Balaban J connectivity index is 1.93. The van der Waals surface area contributed by atoms with Crippen molar-refractivity contribution in [2.75, 3.05) is 25.7 Å². The highest BCUT2D eigenvalue weighted by atomic mass is 16.5. The molecule has 8 nitrogen and oxygen atoms in total. The second kappa shape index (κ2) is 9.66. The molecule has 174 valence electrons. The van der Waals surface area contributed by atoms with Gasteiger partial charge < -0.3 is 19.3 Å². The van der Waals surface area contributed by atoms with Crippen LogP contribution in [0.15, 0.2) is 72.6 Å². The van der Waals surface area contributed by atoms with Gasteiger partial charge in [0.05, 0.1) is 38.0 Å². The van der Waals surface area contributed by atoms with Gasteiger partial charge in [0.1, 0.15) is 23.0 Å². The SMILES string of the molecule is CCOc1cccc(N2C(=O)C(=O)/C(=C(\O)c3ccc(OC)cc3OC)C2c2cccnc2)c1. The summed E-state index contributed by atoms with van der Waals surface area (Å²) in [5.41, 5.74) is 1.22. The molecule has 2 heterocycles. The van der Waals surface area contributed by atoms with E-state index in [1.165, 1.54) is 19.1 Å². The van der Waals surface area contributed by atoms with E-state index >= 15 is 0 Å². The van der Waals surface area contributed by atoms with Crippen LogP contribution in [0.2, 0.25) is 0 Å². The molecular weight excluding hydrogens is 436 g/mol. The van der Waals surface area contributed by atoms with Gasteiger partial charge in [-0.1, -0.05) is 12.1 Å². The third kappa shape index (κ3) is 4.05. The fourth-order valence-electron chi connectivity index (χ4n) is 3.98. The smallest absolute Gasteiger partial charge is 0.300 e. The molecule has 1 aliphatic rings. The zero-order valence-corrected chi connectivity index (χ0v) is 19.0. The molecule has 1 aliphatic heterocycles. The zero-order valence-electron chi connectivity index (χ0n) is 19.0. The minimum absolute atomic E-state index is 0.0664. The molecule has 1 unspecified atom stereocenters. The summed E-state index contributed by atoms with van der Waals surface area (Å²) in [6.07, 6.45) is 3.16. The predicted octanol–water partition coefficient (Wildman–Crippen LogP) is 4.12. The van der Waals surface area contributed by atoms with Crippen molar-refractivity contribution in [2.24, 2.45) is 0 Å². The highest BCUT2D eigenvalue weighted by molar-refractivity contribution is 6.51. The van der Waals surface area contributed by atoms with Crippen LogP contribution in [0.25, 0.3) is 5.76 Å². The van der Waals surface area contributed by atoms with Gasteiger partial charge in [0.25, 0.3) is 11.7 Å². The lowest BCUT2D eigenvalue weighted by Gasteiger charge is -2.25. The number of pyridine rings is 1. The minimum atomic E-state index is -0.905. The topological polar surface area (TPSA) is 98.2 Å². The first kappa shape index (κ1) is 22.8. The van der Waals surface area contributed by atoms with Gasteiger partial charge in [-0.15, -0.1) is 0 Å². The first-order valence-electron chi connectivity index (χ1n) is 10.7. The van der Waals surface area contributed by atoms with Crippen LogP contribution in [0.3, 0.4) is 0 Å². The molecule has 34 heavy (non-hydrogen) atoms. The van der Waals surface area contributed by atoms with Gasteiger partial charge in [-0.3, -0.25) is 19.5 Å². The molecule has 0 spiro atoms. The molecule has 0 radical (unpaired) electrons. The molecule has 8 heteroatoms. The van der Waals surface area contributed by atoms with Gasteiger partial charge in [-0.05, 0) is 42.8 Å². The third-order valence-corrected chi connectivity index (χ3v) is 5.52. The molecule has 0 saturated carbocycles. The van der Waals surface area contributed by atoms with Crippen molar-refractivity contribution >= 4 is 23.1 Å². The number of anilines is 1. The number of carbonyl (C=O) groups is 2. The monoisotopic (exact) mass is 460 g/mol. The molecule has 2 aromatic carbocycles. The summed E-state index contributed by atoms with van der Waals surface area (Å²) in [5.74, 6) is -0.557. The van der Waals surface area contributed by atoms with Crippen LogP contribution in [0, 0.1) is 0 Å². The molecule has 3 aromatic rings. The largest absolute Gasteiger partial charge is 0.507 e. The summed E-state index contributed by atoms with van der Waals surface area (Å²) in [4.78, 5) is 32.1. The maximum atomic E-state index is 13.3. The number of ether oxygens (including phenoxy) is 3. The lowest BCUT2D eigenvalue weighted by Crippen LogP contribution is -2.29. The normalized spacial score (nSPS) is 17.0. The van der Waals surface area contributed by atoms with E-state index in [4.69, 9.17) is 14.2 Å². The highest BCUT2D eigenvalue weighted by Gasteiger charge is 2.47. The van der Waals surface area contributed by atoms with Crippen molar-refractivity contribution in [1.82, 2.24) is 4.98 Å². The Bertz CT molecular complexity index is 1260. The molecule has 1 fully saturated rings. The summed E-state index contributed by atoms with van der Waals surface area (Å²) in [7, 11) is 2.96. The lowest BCUT2D eigenvalue weighted by molar-refractivity contribution is -0.132. The fourth-order valence-corrected chi connectivity index (χ4v) is 3.98. The molecular formula is C26H24N2O6. The predicted molar refractivity (Wildman–Crippen MR) is 126 cm³/mol. The number of carbonyl (C=O) groups excluding carboxylic acids is 2. The summed E-state index contributed by atoms with van der Waals surface area (Å²) in [6.45, 7) is 2.31. The summed E-state index contributed by atoms with van der Waals surface area (Å²) < 4.78 is 16.2. The van der Waals surface area contributed by atoms with E-state index in [0.29, 0.717) is 35.1 Å². The number of ketones is 1. The average Bonchev–Trinajstić information content (AvgIpc) is 3.14. The van der Waals surface area contributed by atoms with Crippen LogP contribution in [0.5, 0.6) is 17.2 Å². The van der Waals surface area contributed by atoms with Crippen LogP contribution in [0.1, 0.15) is 24.1 Å². The fraction of sp³-hybridized carbons (Fsp3) is 0.192. The van der Waals surface area contributed by atoms with Crippen molar-refractivity contribution in [1.29, 1.82) is 0 Å². The Labute approximate surface area is 197 Å². The van der Waals surface area contributed by atoms with E-state index < -0.39 is 17.7 Å². The van der Waals surface area contributed by atoms with Crippen LogP contribution in [0.4, 0.5) is 5.69 Å². The lowest BCUT2D eigenvalue weighted by atomic mass is 9.95. The first-order valence-corrected chi connectivity index (χ1v) is 10.7. The van der Waals surface area contributed by atoms with Gasteiger partial charge in [0.15, 0.2) is 0 Å². The molecule has 1 amide bonds. The van der Waals surface area contributed by atoms with Crippen LogP contribution in [-0.2, 0) is 9.59 Å². The number of nitrogens with zero attached hydrogens (tertiary/aromatic N) is 2. The number of aliphatic hydroxyl groups excluding tert-OH is 1. The number of aliphatic hydroxyl groups is 1. The van der Waals surface area contributed by atoms with E-state index in [0.717, 1.165) is 0 Å². The van der Waals surface area contributed by atoms with Crippen molar-refractivity contribution in [3.63, 3.8) is 0 Å². The molecule has 4 rings (SSSR count). The first-order chi connectivity index (χ1) is 16.5. The molecule has 1 atom stereocenters. The summed E-state index contributed by atoms with van der Waals surface area (Å²) in [6, 6.07) is 14.3. The van der Waals surface area contributed by atoms with Gasteiger partial charge in [-0.25, -0.2) is 0 Å². The number of benzene rings is 2. The van der Waals surface area contributed by atoms with Gasteiger partial charge >= 0.3 is 0 Å². The molecule has 0 bridgehead atoms. The number of Topliss-reactive ketones (excluding diaryl/α,β-unsaturated/α-hetero) is 1. The molecule has 1 aromatic heterocycles. The maximum absolute atomic E-state index is 13.3. The maximum Gasteiger partial charge on any atom is 0.300 e. The van der Waals surface area contributed by atoms with Gasteiger partial charge in [-0.2, -0.15) is 0 Å². The van der Waals surface area contributed by atoms with E-state index in [1.807, 2.05) is 6.92 Å². The van der Waals surface area contributed by atoms with Crippen molar-refractivity contribution in [3.8, 4) is 17.2 Å². The second-order valence-corrected chi connectivity index (χ2v) is 7.45.